The van der Waals surface area contributed by atoms with Crippen LogP contribution in [0.15, 0.2) is 64.9 Å². The van der Waals surface area contributed by atoms with Crippen LogP contribution in [0.2, 0.25) is 0 Å². The highest BCUT2D eigenvalue weighted by Crippen LogP contribution is 2.19. The second-order valence-corrected chi connectivity index (χ2v) is 8.17. The average molecular weight is 388 g/mol. The Morgan fingerprint density at radius 1 is 1.12 bits per heavy atom. The number of amides is 1. The van der Waals surface area contributed by atoms with Gasteiger partial charge in [-0.1, -0.05) is 34.8 Å². The van der Waals surface area contributed by atoms with Gasteiger partial charge in [0.15, 0.2) is 5.69 Å². The van der Waals surface area contributed by atoms with Gasteiger partial charge in [-0.3, -0.25) is 4.79 Å². The molecule has 0 bridgehead atoms. The zero-order valence-corrected chi connectivity index (χ0v) is 15.5. The summed E-state index contributed by atoms with van der Waals surface area (Å²) in [5, 5.41) is 7.87. The van der Waals surface area contributed by atoms with E-state index in [4.69, 9.17) is 0 Å². The number of carbonyl (C=O) groups is 1. The summed E-state index contributed by atoms with van der Waals surface area (Å²) in [5.41, 5.74) is 1.60. The zero-order valence-electron chi connectivity index (χ0n) is 13.9. The van der Waals surface area contributed by atoms with Crippen molar-refractivity contribution in [1.29, 1.82) is 0 Å². The van der Waals surface area contributed by atoms with Crippen molar-refractivity contribution in [1.82, 2.24) is 13.9 Å². The van der Waals surface area contributed by atoms with Gasteiger partial charge >= 0.3 is 0 Å². The second kappa shape index (κ2) is 7.73. The van der Waals surface area contributed by atoms with Gasteiger partial charge in [0.2, 0.25) is 10.0 Å². The number of aromatic nitrogens is 2. The van der Waals surface area contributed by atoms with E-state index in [1.807, 2.05) is 30.3 Å². The first-order valence-electron chi connectivity index (χ1n) is 7.65. The van der Waals surface area contributed by atoms with E-state index in [0.717, 1.165) is 17.1 Å². The summed E-state index contributed by atoms with van der Waals surface area (Å²) in [4.78, 5) is 12.1. The predicted molar refractivity (Wildman–Crippen MR) is 99.4 cm³/mol. The smallest absolute Gasteiger partial charge is 0.277 e. The van der Waals surface area contributed by atoms with E-state index >= 15 is 0 Å². The minimum Gasteiger partial charge on any atom is -0.321 e. The number of rotatable bonds is 6. The van der Waals surface area contributed by atoms with Crippen LogP contribution in [-0.2, 0) is 16.6 Å². The van der Waals surface area contributed by atoms with Crippen molar-refractivity contribution < 1.29 is 13.2 Å². The van der Waals surface area contributed by atoms with Crippen molar-refractivity contribution in [2.75, 3.05) is 12.4 Å². The van der Waals surface area contributed by atoms with Gasteiger partial charge in [0, 0.05) is 24.7 Å². The summed E-state index contributed by atoms with van der Waals surface area (Å²) in [6, 6.07) is 15.4. The van der Waals surface area contributed by atoms with E-state index in [9.17, 15) is 13.2 Å². The molecule has 1 aromatic heterocycles. The largest absolute Gasteiger partial charge is 0.321 e. The molecule has 0 atom stereocenters. The normalized spacial score (nSPS) is 11.5. The van der Waals surface area contributed by atoms with E-state index in [-0.39, 0.29) is 17.1 Å². The lowest BCUT2D eigenvalue weighted by molar-refractivity contribution is 0.102. The summed E-state index contributed by atoms with van der Waals surface area (Å²) in [6.45, 7) is 0.276. The second-order valence-electron chi connectivity index (χ2n) is 5.52. The molecule has 7 nitrogen and oxygen atoms in total. The van der Waals surface area contributed by atoms with Crippen molar-refractivity contribution >= 4 is 33.2 Å². The van der Waals surface area contributed by atoms with Gasteiger partial charge in [-0.25, -0.2) is 8.42 Å². The Kier molecular flexibility index (Phi) is 5.40. The Morgan fingerprint density at radius 3 is 2.42 bits per heavy atom. The van der Waals surface area contributed by atoms with E-state index in [1.54, 1.807) is 12.1 Å². The first-order valence-corrected chi connectivity index (χ1v) is 9.93. The van der Waals surface area contributed by atoms with E-state index < -0.39 is 15.9 Å². The van der Waals surface area contributed by atoms with Gasteiger partial charge in [0.25, 0.3) is 5.91 Å². The fraction of sp³-hybridized carbons (Fsp3) is 0.118. The topological polar surface area (TPSA) is 92.3 Å². The maximum absolute atomic E-state index is 12.7. The molecule has 0 fully saturated rings. The lowest BCUT2D eigenvalue weighted by atomic mass is 10.2. The van der Waals surface area contributed by atoms with Gasteiger partial charge in [0.05, 0.1) is 4.90 Å². The number of nitrogens with zero attached hydrogens (tertiary/aromatic N) is 3. The molecule has 3 aromatic rings. The number of benzene rings is 2. The van der Waals surface area contributed by atoms with Gasteiger partial charge in [-0.2, -0.15) is 4.31 Å². The lowest BCUT2D eigenvalue weighted by Crippen LogP contribution is -2.26. The molecule has 1 heterocycles. The number of hydrogen-bond acceptors (Lipinski definition) is 6. The van der Waals surface area contributed by atoms with Crippen LogP contribution < -0.4 is 5.32 Å². The van der Waals surface area contributed by atoms with Crippen LogP contribution in [0.1, 0.15) is 16.1 Å². The summed E-state index contributed by atoms with van der Waals surface area (Å²) < 4.78 is 30.3. The maximum Gasteiger partial charge on any atom is 0.277 e. The Balaban J connectivity index is 1.71. The third-order valence-corrected chi connectivity index (χ3v) is 5.98. The van der Waals surface area contributed by atoms with Crippen molar-refractivity contribution in [3.05, 3.63) is 71.2 Å². The van der Waals surface area contributed by atoms with Gasteiger partial charge in [-0.05, 0) is 41.4 Å². The zero-order chi connectivity index (χ0) is 18.6. The van der Waals surface area contributed by atoms with E-state index in [1.165, 1.54) is 28.9 Å². The molecule has 0 aliphatic rings. The third-order valence-electron chi connectivity index (χ3n) is 3.66. The quantitative estimate of drug-likeness (QED) is 0.701. The van der Waals surface area contributed by atoms with Crippen LogP contribution >= 0.6 is 11.5 Å². The molecule has 26 heavy (non-hydrogen) atoms. The molecule has 0 unspecified atom stereocenters. The minimum atomic E-state index is -3.63. The fourth-order valence-electron chi connectivity index (χ4n) is 2.27. The lowest BCUT2D eigenvalue weighted by Gasteiger charge is -2.17. The van der Waals surface area contributed by atoms with Gasteiger partial charge in [0.1, 0.15) is 0 Å². The number of anilines is 1. The molecule has 0 aliphatic carbocycles. The van der Waals surface area contributed by atoms with Gasteiger partial charge < -0.3 is 5.32 Å². The Hall–Kier alpha value is -2.62. The first kappa shape index (κ1) is 18.2. The number of nitrogens with one attached hydrogen (secondary N) is 1. The van der Waals surface area contributed by atoms with Crippen molar-refractivity contribution in [2.45, 2.75) is 11.4 Å². The SMILES string of the molecule is CN(Cc1ccccc1)S(=O)(=O)c1ccc(NC(=O)c2csnn2)cc1. The standard InChI is InChI=1S/C17H16N4O3S2/c1-21(11-13-5-3-2-4-6-13)26(23,24)15-9-7-14(8-10-15)18-17(22)16-12-25-20-19-16/h2-10,12H,11H2,1H3,(H,18,22). The van der Waals surface area contributed by atoms with Gasteiger partial charge in [-0.15, -0.1) is 5.10 Å². The maximum atomic E-state index is 12.7. The number of hydrogen-bond donors (Lipinski definition) is 1. The van der Waals surface area contributed by atoms with Crippen LogP contribution in [0.5, 0.6) is 0 Å². The average Bonchev–Trinajstić information content (AvgIpc) is 3.18. The summed E-state index contributed by atoms with van der Waals surface area (Å²) in [7, 11) is -2.09. The molecule has 1 amide bonds. The molecule has 2 aromatic carbocycles. The summed E-state index contributed by atoms with van der Waals surface area (Å²) >= 11 is 1.08. The molecule has 134 valence electrons. The highest BCUT2D eigenvalue weighted by Gasteiger charge is 2.21. The monoisotopic (exact) mass is 388 g/mol. The first-order chi connectivity index (χ1) is 12.5. The molecule has 3 rings (SSSR count). The Morgan fingerprint density at radius 2 is 1.81 bits per heavy atom. The van der Waals surface area contributed by atoms with E-state index in [2.05, 4.69) is 14.9 Å². The molecule has 0 saturated heterocycles. The molecular formula is C17H16N4O3S2. The fourth-order valence-corrected chi connectivity index (χ4v) is 3.87. The molecule has 9 heteroatoms. The Labute approximate surface area is 155 Å². The minimum absolute atomic E-state index is 0.157. The Bertz CT molecular complexity index is 973. The molecule has 0 saturated carbocycles. The molecular weight excluding hydrogens is 372 g/mol. The molecule has 0 aliphatic heterocycles. The number of carbonyl (C=O) groups excluding carboxylic acids is 1. The molecule has 0 radical (unpaired) electrons. The van der Waals surface area contributed by atoms with Crippen molar-refractivity contribution in [2.24, 2.45) is 0 Å². The molecule has 1 N–H and O–H groups in total. The van der Waals surface area contributed by atoms with Crippen molar-refractivity contribution in [3.8, 4) is 0 Å². The van der Waals surface area contributed by atoms with Crippen LogP contribution in [0, 0.1) is 0 Å². The summed E-state index contributed by atoms with van der Waals surface area (Å²) in [6.07, 6.45) is 0. The highest BCUT2D eigenvalue weighted by molar-refractivity contribution is 7.89. The van der Waals surface area contributed by atoms with Crippen molar-refractivity contribution in [3.63, 3.8) is 0 Å². The van der Waals surface area contributed by atoms with Crippen LogP contribution in [-0.4, -0.2) is 35.3 Å². The molecule has 0 spiro atoms. The predicted octanol–water partition coefficient (Wildman–Crippen LogP) is 2.61. The summed E-state index contributed by atoms with van der Waals surface area (Å²) in [5.74, 6) is -0.393. The number of sulfonamides is 1. The van der Waals surface area contributed by atoms with Crippen LogP contribution in [0.4, 0.5) is 5.69 Å². The highest BCUT2D eigenvalue weighted by atomic mass is 32.2. The third kappa shape index (κ3) is 4.13. The van der Waals surface area contributed by atoms with Crippen LogP contribution in [0.25, 0.3) is 0 Å². The van der Waals surface area contributed by atoms with Crippen LogP contribution in [0.3, 0.4) is 0 Å². The van der Waals surface area contributed by atoms with E-state index in [0.29, 0.717) is 5.69 Å².